The molecule has 1 aliphatic carbocycles. The maximum absolute atomic E-state index is 5.55. The van der Waals surface area contributed by atoms with E-state index in [4.69, 9.17) is 4.42 Å². The van der Waals surface area contributed by atoms with Gasteiger partial charge in [0.05, 0.1) is 0 Å². The molecule has 1 saturated carbocycles. The van der Waals surface area contributed by atoms with E-state index in [1.54, 1.807) is 0 Å². The van der Waals surface area contributed by atoms with Crippen molar-refractivity contribution in [1.29, 1.82) is 0 Å². The van der Waals surface area contributed by atoms with Crippen LogP contribution in [-0.2, 0) is 0 Å². The predicted molar refractivity (Wildman–Crippen MR) is 55.4 cm³/mol. The van der Waals surface area contributed by atoms with Crippen molar-refractivity contribution >= 4 is 17.1 Å². The van der Waals surface area contributed by atoms with E-state index < -0.39 is 0 Å². The van der Waals surface area contributed by atoms with Crippen LogP contribution in [0.3, 0.4) is 0 Å². The van der Waals surface area contributed by atoms with E-state index in [0.717, 1.165) is 11.1 Å². The van der Waals surface area contributed by atoms with Gasteiger partial charge in [0, 0.05) is 6.04 Å². The van der Waals surface area contributed by atoms with Crippen molar-refractivity contribution in [3.8, 4) is 0 Å². The highest BCUT2D eigenvalue weighted by Crippen LogP contribution is 2.26. The zero-order valence-electron chi connectivity index (χ0n) is 8.08. The molecule has 1 aromatic heterocycles. The molecule has 3 nitrogen and oxygen atoms in total. The van der Waals surface area contributed by atoms with Gasteiger partial charge in [-0.3, -0.25) is 0 Å². The van der Waals surface area contributed by atoms with Crippen molar-refractivity contribution in [2.45, 2.75) is 25.8 Å². The number of hydrogen-bond acceptors (Lipinski definition) is 3. The number of benzene rings is 1. The minimum atomic E-state index is 0.587. The summed E-state index contributed by atoms with van der Waals surface area (Å²) < 4.78 is 5.55. The van der Waals surface area contributed by atoms with E-state index in [0.29, 0.717) is 12.1 Å². The summed E-state index contributed by atoms with van der Waals surface area (Å²) in [5.41, 5.74) is 3.01. The van der Waals surface area contributed by atoms with Crippen molar-refractivity contribution in [3.05, 3.63) is 23.8 Å². The number of nitrogens with zero attached hydrogens (tertiary/aromatic N) is 1. The molecule has 0 aliphatic heterocycles. The minimum Gasteiger partial charge on any atom is -0.424 e. The van der Waals surface area contributed by atoms with Gasteiger partial charge in [0.15, 0.2) is 5.58 Å². The molecule has 2 aromatic rings. The van der Waals surface area contributed by atoms with E-state index in [1.807, 2.05) is 18.2 Å². The highest BCUT2D eigenvalue weighted by Gasteiger charge is 2.22. The zero-order valence-corrected chi connectivity index (χ0v) is 8.08. The average Bonchev–Trinajstić information content (AvgIpc) is 2.84. The second-order valence-corrected chi connectivity index (χ2v) is 3.91. The van der Waals surface area contributed by atoms with Gasteiger partial charge < -0.3 is 9.73 Å². The van der Waals surface area contributed by atoms with Crippen LogP contribution in [-0.4, -0.2) is 11.0 Å². The summed E-state index contributed by atoms with van der Waals surface area (Å²) in [4.78, 5) is 4.38. The lowest BCUT2D eigenvalue weighted by Gasteiger charge is -1.93. The Bertz CT molecular complexity index is 471. The number of fused-ring (bicyclic) bond motifs is 1. The molecule has 1 N–H and O–H groups in total. The van der Waals surface area contributed by atoms with Crippen molar-refractivity contribution in [3.63, 3.8) is 0 Å². The third-order valence-electron chi connectivity index (χ3n) is 2.45. The Morgan fingerprint density at radius 1 is 1.43 bits per heavy atom. The molecule has 1 fully saturated rings. The van der Waals surface area contributed by atoms with E-state index in [-0.39, 0.29) is 0 Å². The Morgan fingerprint density at radius 2 is 2.29 bits per heavy atom. The van der Waals surface area contributed by atoms with Crippen molar-refractivity contribution in [1.82, 2.24) is 4.98 Å². The van der Waals surface area contributed by atoms with Gasteiger partial charge in [-0.15, -0.1) is 0 Å². The van der Waals surface area contributed by atoms with E-state index in [1.165, 1.54) is 18.4 Å². The monoisotopic (exact) mass is 188 g/mol. The van der Waals surface area contributed by atoms with Crippen molar-refractivity contribution in [2.75, 3.05) is 5.32 Å². The Kier molecular flexibility index (Phi) is 1.54. The first-order valence-corrected chi connectivity index (χ1v) is 4.95. The largest absolute Gasteiger partial charge is 0.424 e. The third-order valence-corrected chi connectivity index (χ3v) is 2.45. The summed E-state index contributed by atoms with van der Waals surface area (Å²) >= 11 is 0. The second kappa shape index (κ2) is 2.74. The van der Waals surface area contributed by atoms with Crippen LogP contribution in [0, 0.1) is 6.92 Å². The first-order chi connectivity index (χ1) is 6.81. The molecular weight excluding hydrogens is 176 g/mol. The molecule has 0 unspecified atom stereocenters. The van der Waals surface area contributed by atoms with Crippen LogP contribution in [0.5, 0.6) is 0 Å². The Hall–Kier alpha value is -1.51. The number of oxazole rings is 1. The lowest BCUT2D eigenvalue weighted by Crippen LogP contribution is -2.00. The topological polar surface area (TPSA) is 38.1 Å². The van der Waals surface area contributed by atoms with Gasteiger partial charge in [0.2, 0.25) is 0 Å². The Balaban J connectivity index is 2.01. The van der Waals surface area contributed by atoms with Crippen LogP contribution in [0.15, 0.2) is 22.6 Å². The summed E-state index contributed by atoms with van der Waals surface area (Å²) in [6, 6.07) is 7.29. The summed E-state index contributed by atoms with van der Waals surface area (Å²) in [6.07, 6.45) is 2.47. The molecule has 3 heteroatoms. The molecule has 1 heterocycles. The molecule has 3 rings (SSSR count). The van der Waals surface area contributed by atoms with Crippen molar-refractivity contribution in [2.24, 2.45) is 0 Å². The number of rotatable bonds is 2. The maximum atomic E-state index is 5.55. The van der Waals surface area contributed by atoms with E-state index >= 15 is 0 Å². The number of aryl methyl sites for hydroxylation is 1. The Labute approximate surface area is 82.1 Å². The molecule has 0 amide bonds. The summed E-state index contributed by atoms with van der Waals surface area (Å²) in [6.45, 7) is 2.06. The zero-order chi connectivity index (χ0) is 9.54. The molecule has 0 radical (unpaired) electrons. The van der Waals surface area contributed by atoms with Crippen LogP contribution in [0.4, 0.5) is 6.01 Å². The fourth-order valence-corrected chi connectivity index (χ4v) is 1.50. The predicted octanol–water partition coefficient (Wildman–Crippen LogP) is 2.71. The number of anilines is 1. The number of nitrogens with one attached hydrogen (secondary N) is 1. The normalized spacial score (nSPS) is 16.1. The highest BCUT2D eigenvalue weighted by molar-refractivity contribution is 5.75. The van der Waals surface area contributed by atoms with Gasteiger partial charge in [-0.05, 0) is 37.5 Å². The number of aromatic nitrogens is 1. The smallest absolute Gasteiger partial charge is 0.295 e. The van der Waals surface area contributed by atoms with Crippen LogP contribution in [0.2, 0.25) is 0 Å². The quantitative estimate of drug-likeness (QED) is 0.787. The maximum Gasteiger partial charge on any atom is 0.295 e. The number of hydrogen-bond donors (Lipinski definition) is 1. The third kappa shape index (κ3) is 1.35. The fraction of sp³-hybridized carbons (Fsp3) is 0.364. The van der Waals surface area contributed by atoms with Crippen LogP contribution < -0.4 is 5.32 Å². The standard InChI is InChI=1S/C11H12N2O/c1-7-2-5-10-9(6-7)13-11(14-10)12-8-3-4-8/h2,5-6,8H,3-4H2,1H3,(H,12,13). The first-order valence-electron chi connectivity index (χ1n) is 4.95. The lowest BCUT2D eigenvalue weighted by molar-refractivity contribution is 0.614. The first kappa shape index (κ1) is 7.85. The van der Waals surface area contributed by atoms with Gasteiger partial charge in [0.1, 0.15) is 5.52 Å². The molecule has 1 aromatic carbocycles. The van der Waals surface area contributed by atoms with Crippen LogP contribution in [0.1, 0.15) is 18.4 Å². The second-order valence-electron chi connectivity index (χ2n) is 3.91. The van der Waals surface area contributed by atoms with E-state index in [9.17, 15) is 0 Å². The van der Waals surface area contributed by atoms with Gasteiger partial charge in [-0.2, -0.15) is 4.98 Å². The van der Waals surface area contributed by atoms with Gasteiger partial charge in [-0.1, -0.05) is 6.07 Å². The molecule has 14 heavy (non-hydrogen) atoms. The fourth-order valence-electron chi connectivity index (χ4n) is 1.50. The summed E-state index contributed by atoms with van der Waals surface area (Å²) in [5, 5.41) is 3.25. The van der Waals surface area contributed by atoms with Crippen LogP contribution in [0.25, 0.3) is 11.1 Å². The van der Waals surface area contributed by atoms with Gasteiger partial charge >= 0.3 is 0 Å². The average molecular weight is 188 g/mol. The van der Waals surface area contributed by atoms with E-state index in [2.05, 4.69) is 17.2 Å². The molecule has 72 valence electrons. The molecule has 0 saturated heterocycles. The molecular formula is C11H12N2O. The summed E-state index contributed by atoms with van der Waals surface area (Å²) in [5.74, 6) is 0. The van der Waals surface area contributed by atoms with Crippen molar-refractivity contribution < 1.29 is 4.42 Å². The van der Waals surface area contributed by atoms with Gasteiger partial charge in [-0.25, -0.2) is 0 Å². The molecule has 1 aliphatic rings. The Morgan fingerprint density at radius 3 is 3.07 bits per heavy atom. The molecule has 0 bridgehead atoms. The van der Waals surface area contributed by atoms with Crippen LogP contribution >= 0.6 is 0 Å². The minimum absolute atomic E-state index is 0.587. The molecule has 0 atom stereocenters. The lowest BCUT2D eigenvalue weighted by atomic mass is 10.2. The van der Waals surface area contributed by atoms with Gasteiger partial charge in [0.25, 0.3) is 6.01 Å². The summed E-state index contributed by atoms with van der Waals surface area (Å²) in [7, 11) is 0. The molecule has 0 spiro atoms. The highest BCUT2D eigenvalue weighted by atomic mass is 16.4. The SMILES string of the molecule is Cc1ccc2oc(NC3CC3)nc2c1.